The number of aryl methyl sites for hydroxylation is 1. The van der Waals surface area contributed by atoms with Crippen LogP contribution in [0.5, 0.6) is 0 Å². The number of hydrogen-bond donors (Lipinski definition) is 1. The maximum absolute atomic E-state index is 13.5. The number of nitrogens with zero attached hydrogens (tertiary/aromatic N) is 4. The van der Waals surface area contributed by atoms with Gasteiger partial charge in [0.25, 0.3) is 5.91 Å². The zero-order chi connectivity index (χ0) is 20.9. The summed E-state index contributed by atoms with van der Waals surface area (Å²) >= 11 is 0. The van der Waals surface area contributed by atoms with Crippen LogP contribution >= 0.6 is 0 Å². The molecule has 0 aliphatic carbocycles. The van der Waals surface area contributed by atoms with Gasteiger partial charge in [-0.15, -0.1) is 0 Å². The number of benzene rings is 2. The molecule has 0 unspecified atom stereocenters. The molecular formula is C23H19N5O2. The normalized spacial score (nSPS) is 22.1. The van der Waals surface area contributed by atoms with Gasteiger partial charge >= 0.3 is 0 Å². The number of likely N-dealkylation sites (tertiary alicyclic amines) is 1. The van der Waals surface area contributed by atoms with Crippen molar-refractivity contribution in [1.29, 1.82) is 5.26 Å². The lowest BCUT2D eigenvalue weighted by Crippen LogP contribution is -2.42. The van der Waals surface area contributed by atoms with Crippen molar-refractivity contribution >= 4 is 17.5 Å². The number of fused-ring (bicyclic) bond motifs is 2. The zero-order valence-corrected chi connectivity index (χ0v) is 16.4. The van der Waals surface area contributed by atoms with Crippen molar-refractivity contribution in [2.24, 2.45) is 7.05 Å². The van der Waals surface area contributed by atoms with Gasteiger partial charge in [0.2, 0.25) is 5.91 Å². The quantitative estimate of drug-likeness (QED) is 0.720. The molecule has 148 valence electrons. The summed E-state index contributed by atoms with van der Waals surface area (Å²) in [5.41, 5.74) is 2.66. The monoisotopic (exact) mass is 397 g/mol. The Labute approximate surface area is 173 Å². The number of carbonyl (C=O) groups is 2. The first-order valence-electron chi connectivity index (χ1n) is 9.75. The van der Waals surface area contributed by atoms with Crippen LogP contribution in [-0.4, -0.2) is 33.0 Å². The molecule has 1 fully saturated rings. The number of aromatic nitrogens is 2. The number of amides is 2. The van der Waals surface area contributed by atoms with Gasteiger partial charge in [0, 0.05) is 36.6 Å². The molecule has 2 aromatic carbocycles. The van der Waals surface area contributed by atoms with Gasteiger partial charge in [-0.2, -0.15) is 10.4 Å². The largest absolute Gasteiger partial charge is 0.330 e. The van der Waals surface area contributed by atoms with Crippen molar-refractivity contribution in [1.82, 2.24) is 14.7 Å². The van der Waals surface area contributed by atoms with Gasteiger partial charge in [-0.25, -0.2) is 0 Å². The smallest absolute Gasteiger partial charge is 0.254 e. The number of anilines is 1. The van der Waals surface area contributed by atoms with E-state index >= 15 is 0 Å². The Balaban J connectivity index is 1.63. The molecule has 7 heteroatoms. The lowest BCUT2D eigenvalue weighted by atomic mass is 9.73. The van der Waals surface area contributed by atoms with Crippen LogP contribution in [0, 0.1) is 11.3 Å². The van der Waals surface area contributed by atoms with E-state index in [9.17, 15) is 9.59 Å². The summed E-state index contributed by atoms with van der Waals surface area (Å²) in [7, 11) is 1.82. The number of para-hydroxylation sites is 1. The molecule has 2 aliphatic rings. The predicted octanol–water partition coefficient (Wildman–Crippen LogP) is 2.77. The van der Waals surface area contributed by atoms with E-state index in [1.54, 1.807) is 40.0 Å². The Bertz CT molecular complexity index is 1210. The summed E-state index contributed by atoms with van der Waals surface area (Å²) in [6.45, 7) is 0.445. The van der Waals surface area contributed by atoms with Gasteiger partial charge in [-0.3, -0.25) is 14.3 Å². The summed E-state index contributed by atoms with van der Waals surface area (Å²) < 4.78 is 1.69. The summed E-state index contributed by atoms with van der Waals surface area (Å²) in [5, 5.41) is 16.3. The van der Waals surface area contributed by atoms with Crippen molar-refractivity contribution in [2.45, 2.75) is 17.9 Å². The zero-order valence-electron chi connectivity index (χ0n) is 16.4. The number of nitrogens with one attached hydrogen (secondary N) is 1. The number of hydrogen-bond acceptors (Lipinski definition) is 4. The number of rotatable bonds is 2. The second kappa shape index (κ2) is 6.56. The number of carbonyl (C=O) groups excluding carboxylic acids is 2. The highest BCUT2D eigenvalue weighted by Crippen LogP contribution is 2.54. The third-order valence-electron chi connectivity index (χ3n) is 6.15. The predicted molar refractivity (Wildman–Crippen MR) is 110 cm³/mol. The fraction of sp³-hybridized carbons (Fsp3) is 0.217. The van der Waals surface area contributed by atoms with Gasteiger partial charge in [0.15, 0.2) is 0 Å². The second-order valence-corrected chi connectivity index (χ2v) is 7.76. The lowest BCUT2D eigenvalue weighted by Gasteiger charge is -2.33. The topological polar surface area (TPSA) is 91.0 Å². The molecule has 2 amide bonds. The van der Waals surface area contributed by atoms with Crippen LogP contribution in [-0.2, 0) is 17.3 Å². The van der Waals surface area contributed by atoms with E-state index in [1.807, 2.05) is 37.5 Å². The van der Waals surface area contributed by atoms with Gasteiger partial charge in [-0.1, -0.05) is 18.2 Å². The van der Waals surface area contributed by atoms with Gasteiger partial charge in [-0.05, 0) is 42.3 Å². The molecule has 7 nitrogen and oxygen atoms in total. The van der Waals surface area contributed by atoms with Crippen LogP contribution < -0.4 is 5.32 Å². The lowest BCUT2D eigenvalue weighted by molar-refractivity contribution is -0.121. The highest BCUT2D eigenvalue weighted by Gasteiger charge is 2.59. The minimum absolute atomic E-state index is 0.0901. The van der Waals surface area contributed by atoms with Gasteiger partial charge < -0.3 is 10.2 Å². The molecule has 1 aromatic heterocycles. The molecule has 0 saturated carbocycles. The van der Waals surface area contributed by atoms with Crippen molar-refractivity contribution in [2.75, 3.05) is 11.9 Å². The highest BCUT2D eigenvalue weighted by molar-refractivity contribution is 6.08. The Morgan fingerprint density at radius 1 is 1.23 bits per heavy atom. The standard InChI is InChI=1S/C23H19N5O2/c1-27-14-17(13-25-27)20-23(18-4-2-3-5-19(18)26-22(23)30)10-11-28(20)21(29)16-8-6-15(12-24)7-9-16/h2-9,13-14,20H,10-11H2,1H3,(H,26,30)/t20-,23+/m0/s1. The summed E-state index contributed by atoms with van der Waals surface area (Å²) in [4.78, 5) is 28.6. The van der Waals surface area contributed by atoms with Crippen LogP contribution in [0.1, 0.15) is 39.5 Å². The highest BCUT2D eigenvalue weighted by atomic mass is 16.2. The SMILES string of the molecule is Cn1cc([C@@H]2N(C(=O)c3ccc(C#N)cc3)CC[C@]23C(=O)Nc2ccccc23)cn1. The molecule has 0 radical (unpaired) electrons. The first kappa shape index (κ1) is 18.1. The van der Waals surface area contributed by atoms with E-state index in [-0.39, 0.29) is 11.8 Å². The van der Waals surface area contributed by atoms with E-state index in [4.69, 9.17) is 5.26 Å². The molecule has 1 spiro atoms. The van der Waals surface area contributed by atoms with Gasteiger partial charge in [0.1, 0.15) is 5.41 Å². The van der Waals surface area contributed by atoms with Crippen LogP contribution in [0.2, 0.25) is 0 Å². The Hall–Kier alpha value is -3.92. The maximum Gasteiger partial charge on any atom is 0.254 e. The molecule has 2 aliphatic heterocycles. The van der Waals surface area contributed by atoms with Crippen molar-refractivity contribution in [3.8, 4) is 6.07 Å². The van der Waals surface area contributed by atoms with Gasteiger partial charge in [0.05, 0.1) is 23.9 Å². The Kier molecular flexibility index (Phi) is 3.97. The Morgan fingerprint density at radius 3 is 2.70 bits per heavy atom. The molecule has 0 bridgehead atoms. The summed E-state index contributed by atoms with van der Waals surface area (Å²) in [6, 6.07) is 15.9. The first-order chi connectivity index (χ1) is 14.5. The molecule has 2 atom stereocenters. The third kappa shape index (κ3) is 2.47. The van der Waals surface area contributed by atoms with Crippen LogP contribution in [0.15, 0.2) is 60.9 Å². The molecule has 3 heterocycles. The van der Waals surface area contributed by atoms with Crippen molar-refractivity contribution in [3.05, 3.63) is 83.2 Å². The molecule has 1 N–H and O–H groups in total. The fourth-order valence-electron chi connectivity index (χ4n) is 4.80. The average Bonchev–Trinajstić information content (AvgIpc) is 3.45. The second-order valence-electron chi connectivity index (χ2n) is 7.76. The van der Waals surface area contributed by atoms with E-state index in [0.717, 1.165) is 16.8 Å². The molecule has 5 rings (SSSR count). The van der Waals surface area contributed by atoms with Crippen LogP contribution in [0.4, 0.5) is 5.69 Å². The van der Waals surface area contributed by atoms with E-state index < -0.39 is 11.5 Å². The Morgan fingerprint density at radius 2 is 2.00 bits per heavy atom. The van der Waals surface area contributed by atoms with E-state index in [1.165, 1.54) is 0 Å². The molecule has 1 saturated heterocycles. The fourth-order valence-corrected chi connectivity index (χ4v) is 4.80. The third-order valence-corrected chi connectivity index (χ3v) is 6.15. The minimum atomic E-state index is -0.859. The minimum Gasteiger partial charge on any atom is -0.330 e. The van der Waals surface area contributed by atoms with Crippen LogP contribution in [0.25, 0.3) is 0 Å². The maximum atomic E-state index is 13.5. The average molecular weight is 397 g/mol. The summed E-state index contributed by atoms with van der Waals surface area (Å²) in [5.74, 6) is -0.255. The first-order valence-corrected chi connectivity index (χ1v) is 9.75. The van der Waals surface area contributed by atoms with Crippen molar-refractivity contribution < 1.29 is 9.59 Å². The van der Waals surface area contributed by atoms with Crippen LogP contribution in [0.3, 0.4) is 0 Å². The molecule has 30 heavy (non-hydrogen) atoms. The van der Waals surface area contributed by atoms with E-state index in [0.29, 0.717) is 24.1 Å². The van der Waals surface area contributed by atoms with E-state index in [2.05, 4.69) is 16.5 Å². The molecular weight excluding hydrogens is 378 g/mol. The molecule has 3 aromatic rings. The summed E-state index contributed by atoms with van der Waals surface area (Å²) in [6.07, 6.45) is 4.12. The van der Waals surface area contributed by atoms with Crippen molar-refractivity contribution in [3.63, 3.8) is 0 Å². The number of nitriles is 1.